The monoisotopic (exact) mass is 200 g/mol. The lowest BCUT2D eigenvalue weighted by Crippen LogP contribution is -2.34. The second kappa shape index (κ2) is 5.36. The number of aromatic amines is 1. The highest BCUT2D eigenvalue weighted by Gasteiger charge is 1.98. The highest BCUT2D eigenvalue weighted by atomic mass is 16.5. The van der Waals surface area contributed by atoms with Gasteiger partial charge < -0.3 is 14.5 Å². The molecule has 1 heterocycles. The van der Waals surface area contributed by atoms with E-state index in [2.05, 4.69) is 4.98 Å². The van der Waals surface area contributed by atoms with Gasteiger partial charge in [0, 0.05) is 19.4 Å². The summed E-state index contributed by atoms with van der Waals surface area (Å²) < 4.78 is 10.7. The number of hydrogen-bond acceptors (Lipinski definition) is 4. The maximum absolute atomic E-state index is 11.1. The summed E-state index contributed by atoms with van der Waals surface area (Å²) in [5.41, 5.74) is -0.860. The normalized spacial score (nSPS) is 10.4. The molecule has 6 heteroatoms. The molecule has 0 saturated heterocycles. The van der Waals surface area contributed by atoms with E-state index in [1.165, 1.54) is 12.3 Å². The van der Waals surface area contributed by atoms with Crippen molar-refractivity contribution in [3.8, 4) is 0 Å². The molecule has 0 radical (unpaired) electrons. The van der Waals surface area contributed by atoms with Gasteiger partial charge in [0.15, 0.2) is 0 Å². The van der Waals surface area contributed by atoms with Crippen LogP contribution in [0.2, 0.25) is 0 Å². The first kappa shape index (κ1) is 10.7. The molecule has 0 spiro atoms. The standard InChI is InChI=1S/C8H12N2O4/c1-13-4-5-14-6-10-7(11)2-3-9-8(10)12/h2-3H,4-6H2,1H3,(H,9,12). The van der Waals surface area contributed by atoms with Crippen molar-refractivity contribution in [2.75, 3.05) is 20.3 Å². The van der Waals surface area contributed by atoms with Crippen LogP contribution in [0.1, 0.15) is 0 Å². The van der Waals surface area contributed by atoms with Crippen LogP contribution in [0.5, 0.6) is 0 Å². The SMILES string of the molecule is COCCOCn1c(=O)cc[nH]c1=O. The van der Waals surface area contributed by atoms with Crippen molar-refractivity contribution in [1.29, 1.82) is 0 Å². The van der Waals surface area contributed by atoms with Crippen molar-refractivity contribution >= 4 is 0 Å². The molecule has 0 amide bonds. The van der Waals surface area contributed by atoms with Crippen LogP contribution in [0.15, 0.2) is 21.9 Å². The molecular weight excluding hydrogens is 188 g/mol. The first-order chi connectivity index (χ1) is 6.75. The molecule has 0 unspecified atom stereocenters. The minimum Gasteiger partial charge on any atom is -0.382 e. The topological polar surface area (TPSA) is 73.3 Å². The van der Waals surface area contributed by atoms with E-state index in [0.717, 1.165) is 4.57 Å². The molecule has 6 nitrogen and oxygen atoms in total. The lowest BCUT2D eigenvalue weighted by atomic mass is 10.6. The third-order valence-corrected chi connectivity index (χ3v) is 1.60. The Kier molecular flexibility index (Phi) is 4.09. The Morgan fingerprint density at radius 1 is 1.43 bits per heavy atom. The van der Waals surface area contributed by atoms with Gasteiger partial charge >= 0.3 is 5.69 Å². The van der Waals surface area contributed by atoms with E-state index < -0.39 is 5.69 Å². The molecule has 0 aliphatic rings. The molecule has 0 atom stereocenters. The Labute approximate surface area is 80.1 Å². The second-order valence-corrected chi connectivity index (χ2v) is 2.58. The van der Waals surface area contributed by atoms with Crippen LogP contribution in [0.4, 0.5) is 0 Å². The van der Waals surface area contributed by atoms with E-state index in [4.69, 9.17) is 9.47 Å². The zero-order chi connectivity index (χ0) is 10.4. The molecule has 14 heavy (non-hydrogen) atoms. The fourth-order valence-corrected chi connectivity index (χ4v) is 0.873. The number of ether oxygens (including phenoxy) is 2. The van der Waals surface area contributed by atoms with Gasteiger partial charge in [0.2, 0.25) is 0 Å². The van der Waals surface area contributed by atoms with Crippen molar-refractivity contribution < 1.29 is 9.47 Å². The van der Waals surface area contributed by atoms with Crippen LogP contribution in [0.25, 0.3) is 0 Å². The Morgan fingerprint density at radius 3 is 2.86 bits per heavy atom. The number of methoxy groups -OCH3 is 1. The number of rotatable bonds is 5. The summed E-state index contributed by atoms with van der Waals surface area (Å²) in [5, 5.41) is 0. The predicted molar refractivity (Wildman–Crippen MR) is 49.2 cm³/mol. The van der Waals surface area contributed by atoms with Crippen molar-refractivity contribution in [3.05, 3.63) is 33.1 Å². The highest BCUT2D eigenvalue weighted by molar-refractivity contribution is 4.81. The van der Waals surface area contributed by atoms with E-state index in [-0.39, 0.29) is 12.3 Å². The van der Waals surface area contributed by atoms with Gasteiger partial charge in [0.25, 0.3) is 5.56 Å². The first-order valence-corrected chi connectivity index (χ1v) is 4.11. The lowest BCUT2D eigenvalue weighted by Gasteiger charge is -2.04. The molecule has 0 fully saturated rings. The van der Waals surface area contributed by atoms with Gasteiger partial charge in [0.05, 0.1) is 13.2 Å². The number of nitrogens with one attached hydrogen (secondary N) is 1. The third kappa shape index (κ3) is 2.82. The average molecular weight is 200 g/mol. The Morgan fingerprint density at radius 2 is 2.21 bits per heavy atom. The summed E-state index contributed by atoms with van der Waals surface area (Å²) in [6.07, 6.45) is 1.30. The summed E-state index contributed by atoms with van der Waals surface area (Å²) in [4.78, 5) is 24.6. The van der Waals surface area contributed by atoms with E-state index in [1.54, 1.807) is 7.11 Å². The van der Waals surface area contributed by atoms with Gasteiger partial charge in [-0.3, -0.25) is 4.79 Å². The molecule has 0 aliphatic carbocycles. The maximum atomic E-state index is 11.1. The van der Waals surface area contributed by atoms with Crippen molar-refractivity contribution in [1.82, 2.24) is 9.55 Å². The number of hydrogen-bond donors (Lipinski definition) is 1. The number of nitrogens with zero attached hydrogens (tertiary/aromatic N) is 1. The summed E-state index contributed by atoms with van der Waals surface area (Å²) >= 11 is 0. The Hall–Kier alpha value is -1.40. The van der Waals surface area contributed by atoms with E-state index >= 15 is 0 Å². The van der Waals surface area contributed by atoms with Crippen LogP contribution >= 0.6 is 0 Å². The molecule has 0 aromatic carbocycles. The van der Waals surface area contributed by atoms with E-state index in [9.17, 15) is 9.59 Å². The largest absolute Gasteiger partial charge is 0.382 e. The van der Waals surface area contributed by atoms with Gasteiger partial charge in [0.1, 0.15) is 6.73 Å². The first-order valence-electron chi connectivity index (χ1n) is 4.11. The molecule has 1 aromatic heterocycles. The lowest BCUT2D eigenvalue weighted by molar-refractivity contribution is 0.0307. The number of H-pyrrole nitrogens is 1. The van der Waals surface area contributed by atoms with Gasteiger partial charge in [-0.1, -0.05) is 0 Å². The zero-order valence-electron chi connectivity index (χ0n) is 7.86. The summed E-state index contributed by atoms with van der Waals surface area (Å²) in [6.45, 7) is 0.717. The molecule has 78 valence electrons. The third-order valence-electron chi connectivity index (χ3n) is 1.60. The van der Waals surface area contributed by atoms with Crippen molar-refractivity contribution in [3.63, 3.8) is 0 Å². The summed E-state index contributed by atoms with van der Waals surface area (Å²) in [7, 11) is 1.55. The summed E-state index contributed by atoms with van der Waals surface area (Å²) in [5.74, 6) is 0. The van der Waals surface area contributed by atoms with Crippen LogP contribution in [0.3, 0.4) is 0 Å². The maximum Gasteiger partial charge on any atom is 0.330 e. The molecule has 1 N–H and O–H groups in total. The molecule has 0 bridgehead atoms. The molecule has 0 saturated carbocycles. The number of aromatic nitrogens is 2. The molecule has 1 rings (SSSR count). The predicted octanol–water partition coefficient (Wildman–Crippen LogP) is -0.843. The van der Waals surface area contributed by atoms with Gasteiger partial charge in [-0.05, 0) is 0 Å². The second-order valence-electron chi connectivity index (χ2n) is 2.58. The van der Waals surface area contributed by atoms with Crippen LogP contribution in [0, 0.1) is 0 Å². The van der Waals surface area contributed by atoms with Crippen LogP contribution < -0.4 is 11.2 Å². The van der Waals surface area contributed by atoms with E-state index in [1.807, 2.05) is 0 Å². The van der Waals surface area contributed by atoms with Gasteiger partial charge in [-0.15, -0.1) is 0 Å². The highest BCUT2D eigenvalue weighted by Crippen LogP contribution is 1.78. The summed E-state index contributed by atoms with van der Waals surface area (Å²) in [6, 6.07) is 1.26. The smallest absolute Gasteiger partial charge is 0.330 e. The van der Waals surface area contributed by atoms with Crippen LogP contribution in [-0.2, 0) is 16.2 Å². The zero-order valence-corrected chi connectivity index (χ0v) is 7.86. The van der Waals surface area contributed by atoms with Gasteiger partial charge in [-0.2, -0.15) is 0 Å². The fourth-order valence-electron chi connectivity index (χ4n) is 0.873. The van der Waals surface area contributed by atoms with Crippen LogP contribution in [-0.4, -0.2) is 29.9 Å². The Balaban J connectivity index is 2.59. The van der Waals surface area contributed by atoms with Gasteiger partial charge in [-0.25, -0.2) is 9.36 Å². The van der Waals surface area contributed by atoms with Crippen molar-refractivity contribution in [2.45, 2.75) is 6.73 Å². The Bertz CT molecular complexity index is 353. The molecule has 1 aromatic rings. The quantitative estimate of drug-likeness (QED) is 0.629. The fraction of sp³-hybridized carbons (Fsp3) is 0.500. The average Bonchev–Trinajstić information content (AvgIpc) is 2.16. The van der Waals surface area contributed by atoms with E-state index in [0.29, 0.717) is 13.2 Å². The minimum atomic E-state index is -0.477. The van der Waals surface area contributed by atoms with Crippen molar-refractivity contribution in [2.24, 2.45) is 0 Å². The molecule has 0 aliphatic heterocycles. The molecular formula is C8H12N2O4. The minimum absolute atomic E-state index is 0.0572.